The van der Waals surface area contributed by atoms with Crippen molar-refractivity contribution in [1.29, 1.82) is 0 Å². The van der Waals surface area contributed by atoms with Crippen LogP contribution >= 0.6 is 15.9 Å². The van der Waals surface area contributed by atoms with E-state index >= 15 is 0 Å². The van der Waals surface area contributed by atoms with Gasteiger partial charge in [0.25, 0.3) is 5.91 Å². The van der Waals surface area contributed by atoms with Crippen LogP contribution in [0.25, 0.3) is 0 Å². The van der Waals surface area contributed by atoms with Gasteiger partial charge in [0.05, 0.1) is 28.8 Å². The zero-order chi connectivity index (χ0) is 22.9. The van der Waals surface area contributed by atoms with E-state index in [0.29, 0.717) is 5.56 Å². The lowest BCUT2D eigenvalue weighted by atomic mass is 9.94. The van der Waals surface area contributed by atoms with Crippen molar-refractivity contribution < 1.29 is 32.6 Å². The van der Waals surface area contributed by atoms with Crippen LogP contribution in [0.5, 0.6) is 11.5 Å². The van der Waals surface area contributed by atoms with Crippen LogP contribution in [-0.2, 0) is 11.0 Å². The molecule has 0 saturated carbocycles. The fraction of sp³-hybridized carbons (Fsp3) is 0.200. The van der Waals surface area contributed by atoms with Crippen molar-refractivity contribution in [1.82, 2.24) is 10.6 Å². The van der Waals surface area contributed by atoms with Gasteiger partial charge in [-0.3, -0.25) is 4.79 Å². The molecule has 164 valence electrons. The molecule has 3 amide bonds. The number of ether oxygens (including phenoxy) is 1. The molecular formula is C20H17BrF3N3O4. The number of anilines is 1. The van der Waals surface area contributed by atoms with Gasteiger partial charge >= 0.3 is 12.2 Å². The van der Waals surface area contributed by atoms with Gasteiger partial charge in [-0.15, -0.1) is 0 Å². The number of hydrogen-bond donors (Lipinski definition) is 4. The smallest absolute Gasteiger partial charge is 0.416 e. The monoisotopic (exact) mass is 499 g/mol. The highest BCUT2D eigenvalue weighted by Crippen LogP contribution is 2.41. The summed E-state index contributed by atoms with van der Waals surface area (Å²) in [6.07, 6.45) is -4.57. The third kappa shape index (κ3) is 4.61. The molecule has 3 rings (SSSR count). The number of aromatic hydroxyl groups is 1. The number of hydrogen-bond acceptors (Lipinski definition) is 4. The molecule has 0 fully saturated rings. The van der Waals surface area contributed by atoms with Gasteiger partial charge in [-0.2, -0.15) is 13.2 Å². The van der Waals surface area contributed by atoms with Crippen molar-refractivity contribution in [3.05, 3.63) is 63.3 Å². The molecule has 0 saturated heterocycles. The molecule has 1 atom stereocenters. The number of rotatable bonds is 4. The van der Waals surface area contributed by atoms with Crippen molar-refractivity contribution in [3.8, 4) is 11.5 Å². The molecule has 31 heavy (non-hydrogen) atoms. The average molecular weight is 500 g/mol. The lowest BCUT2D eigenvalue weighted by molar-refractivity contribution is -0.137. The molecule has 0 bridgehead atoms. The Morgan fingerprint density at radius 1 is 1.26 bits per heavy atom. The number of carbonyl (C=O) groups is 2. The molecule has 0 aliphatic carbocycles. The summed E-state index contributed by atoms with van der Waals surface area (Å²) in [7, 11) is 1.37. The lowest BCUT2D eigenvalue weighted by Crippen LogP contribution is -2.46. The van der Waals surface area contributed by atoms with Crippen LogP contribution in [0.4, 0.5) is 23.7 Å². The molecular weight excluding hydrogens is 483 g/mol. The SMILES string of the molecule is COc1ccc([C@@H]2NC(=O)NC(C)=C2C(=O)Nc2cccc(C(F)(F)F)c2)c(Br)c1O. The molecule has 0 spiro atoms. The first-order chi connectivity index (χ1) is 14.5. The fourth-order valence-corrected chi connectivity index (χ4v) is 3.71. The minimum Gasteiger partial charge on any atom is -0.503 e. The van der Waals surface area contributed by atoms with E-state index in [2.05, 4.69) is 31.9 Å². The minimum atomic E-state index is -4.57. The first kappa shape index (κ1) is 22.5. The van der Waals surface area contributed by atoms with Gasteiger partial charge < -0.3 is 25.8 Å². The van der Waals surface area contributed by atoms with Crippen molar-refractivity contribution in [2.24, 2.45) is 0 Å². The molecule has 0 radical (unpaired) electrons. The van der Waals surface area contributed by atoms with Gasteiger partial charge in [0.15, 0.2) is 11.5 Å². The number of nitrogens with one attached hydrogen (secondary N) is 3. The Balaban J connectivity index is 2.00. The zero-order valence-electron chi connectivity index (χ0n) is 16.2. The van der Waals surface area contributed by atoms with Gasteiger partial charge in [-0.1, -0.05) is 12.1 Å². The lowest BCUT2D eigenvalue weighted by Gasteiger charge is -2.29. The summed E-state index contributed by atoms with van der Waals surface area (Å²) in [5.41, 5.74) is -0.359. The topological polar surface area (TPSA) is 99.7 Å². The van der Waals surface area contributed by atoms with E-state index in [1.54, 1.807) is 6.07 Å². The van der Waals surface area contributed by atoms with E-state index in [-0.39, 0.29) is 32.9 Å². The molecule has 0 aromatic heterocycles. The molecule has 7 nitrogen and oxygen atoms in total. The van der Waals surface area contributed by atoms with Crippen molar-refractivity contribution in [2.75, 3.05) is 12.4 Å². The van der Waals surface area contributed by atoms with Crippen LogP contribution in [0, 0.1) is 0 Å². The highest BCUT2D eigenvalue weighted by Gasteiger charge is 2.34. The molecule has 0 unspecified atom stereocenters. The third-order valence-electron chi connectivity index (χ3n) is 4.60. The van der Waals surface area contributed by atoms with Crippen molar-refractivity contribution in [2.45, 2.75) is 19.1 Å². The summed E-state index contributed by atoms with van der Waals surface area (Å²) < 4.78 is 44.2. The number of amides is 3. The Labute approximate surface area is 183 Å². The summed E-state index contributed by atoms with van der Waals surface area (Å²) >= 11 is 3.24. The van der Waals surface area contributed by atoms with Crippen molar-refractivity contribution >= 4 is 33.6 Å². The van der Waals surface area contributed by atoms with Gasteiger partial charge in [0.2, 0.25) is 0 Å². The summed E-state index contributed by atoms with van der Waals surface area (Å²) in [4.78, 5) is 25.0. The van der Waals surface area contributed by atoms with Crippen LogP contribution in [-0.4, -0.2) is 24.2 Å². The molecule has 1 heterocycles. The van der Waals surface area contributed by atoms with Crippen molar-refractivity contribution in [3.63, 3.8) is 0 Å². The number of carbonyl (C=O) groups excluding carboxylic acids is 2. The van der Waals surface area contributed by atoms with E-state index in [0.717, 1.165) is 12.1 Å². The maximum Gasteiger partial charge on any atom is 0.416 e. The average Bonchev–Trinajstić information content (AvgIpc) is 2.69. The predicted molar refractivity (Wildman–Crippen MR) is 110 cm³/mol. The fourth-order valence-electron chi connectivity index (χ4n) is 3.15. The van der Waals surface area contributed by atoms with Gasteiger partial charge in [0.1, 0.15) is 0 Å². The Morgan fingerprint density at radius 3 is 2.61 bits per heavy atom. The summed E-state index contributed by atoms with van der Waals surface area (Å²) in [6.45, 7) is 1.49. The number of halogens is 4. The second-order valence-corrected chi connectivity index (χ2v) is 7.42. The summed E-state index contributed by atoms with van der Waals surface area (Å²) in [5, 5.41) is 17.8. The molecule has 2 aromatic rings. The normalized spacial score (nSPS) is 16.5. The van der Waals surface area contributed by atoms with Crippen LogP contribution in [0.15, 0.2) is 52.1 Å². The Kier molecular flexibility index (Phi) is 6.16. The van der Waals surface area contributed by atoms with Gasteiger partial charge in [-0.05, 0) is 52.7 Å². The van der Waals surface area contributed by atoms with Gasteiger partial charge in [0, 0.05) is 11.4 Å². The first-order valence-electron chi connectivity index (χ1n) is 8.85. The number of benzene rings is 2. The standard InChI is InChI=1S/C20H17BrF3N3O4/c1-9-14(18(29)26-11-5-3-4-10(8-11)20(22,23)24)16(27-19(30)25-9)12-6-7-13(31-2)17(28)15(12)21/h3-8,16,28H,1-2H3,(H,26,29)(H2,25,27,30)/t16-/m0/s1. The van der Waals surface area contributed by atoms with Crippen LogP contribution in [0.3, 0.4) is 0 Å². The van der Waals surface area contributed by atoms with E-state index in [9.17, 15) is 27.9 Å². The molecule has 2 aromatic carbocycles. The summed E-state index contributed by atoms with van der Waals surface area (Å²) in [6, 6.07) is 5.63. The molecule has 1 aliphatic rings. The number of allylic oxidation sites excluding steroid dienone is 1. The predicted octanol–water partition coefficient (Wildman–Crippen LogP) is 4.45. The maximum atomic E-state index is 13.0. The maximum absolute atomic E-state index is 13.0. The third-order valence-corrected chi connectivity index (χ3v) is 5.43. The Hall–Kier alpha value is -3.21. The van der Waals surface area contributed by atoms with E-state index in [1.165, 1.54) is 32.2 Å². The minimum absolute atomic E-state index is 0.0577. The first-order valence-corrected chi connectivity index (χ1v) is 9.64. The molecule has 4 N–H and O–H groups in total. The van der Waals surface area contributed by atoms with Gasteiger partial charge in [-0.25, -0.2) is 4.79 Å². The van der Waals surface area contributed by atoms with Crippen LogP contribution in [0.1, 0.15) is 24.1 Å². The highest BCUT2D eigenvalue weighted by molar-refractivity contribution is 9.10. The second-order valence-electron chi connectivity index (χ2n) is 6.62. The van der Waals surface area contributed by atoms with E-state index < -0.39 is 29.7 Å². The molecule has 1 aliphatic heterocycles. The largest absolute Gasteiger partial charge is 0.503 e. The quantitative estimate of drug-likeness (QED) is 0.499. The van der Waals surface area contributed by atoms with Crippen LogP contribution in [0.2, 0.25) is 0 Å². The Morgan fingerprint density at radius 2 is 1.97 bits per heavy atom. The highest BCUT2D eigenvalue weighted by atomic mass is 79.9. The Bertz CT molecular complexity index is 1090. The number of methoxy groups -OCH3 is 1. The van der Waals surface area contributed by atoms with E-state index in [1.807, 2.05) is 0 Å². The number of urea groups is 1. The zero-order valence-corrected chi connectivity index (χ0v) is 17.8. The second kappa shape index (κ2) is 8.50. The molecule has 11 heteroatoms. The summed E-state index contributed by atoms with van der Waals surface area (Å²) in [5.74, 6) is -0.786. The number of phenolic OH excluding ortho intramolecular Hbond substituents is 1. The van der Waals surface area contributed by atoms with Crippen LogP contribution < -0.4 is 20.7 Å². The van der Waals surface area contributed by atoms with E-state index in [4.69, 9.17) is 4.74 Å². The number of phenols is 1. The number of alkyl halides is 3.